The molecule has 88 valence electrons. The van der Waals surface area contributed by atoms with Gasteiger partial charge in [-0.3, -0.25) is 0 Å². The largest absolute Gasteiger partial charge is 0.452 e. The molecule has 0 saturated heterocycles. The highest BCUT2D eigenvalue weighted by Gasteiger charge is 2.09. The molecule has 4 heteroatoms. The first-order valence-corrected chi connectivity index (χ1v) is 6.23. The van der Waals surface area contributed by atoms with E-state index in [1.54, 1.807) is 18.2 Å². The van der Waals surface area contributed by atoms with Gasteiger partial charge >= 0.3 is 0 Å². The molecule has 0 aromatic heterocycles. The summed E-state index contributed by atoms with van der Waals surface area (Å²) in [5.74, 6) is 1.18. The molecule has 0 spiro atoms. The number of halogens is 2. The van der Waals surface area contributed by atoms with Gasteiger partial charge in [0, 0.05) is 0 Å². The van der Waals surface area contributed by atoms with Gasteiger partial charge < -0.3 is 10.5 Å². The Morgan fingerprint density at radius 3 is 2.65 bits per heavy atom. The number of nitrogens with two attached hydrogens (primary N) is 1. The van der Waals surface area contributed by atoms with Crippen LogP contribution in [-0.2, 0) is 0 Å². The molecule has 0 atom stereocenters. The van der Waals surface area contributed by atoms with Gasteiger partial charge in [0.25, 0.3) is 0 Å². The summed E-state index contributed by atoms with van der Waals surface area (Å²) in [7, 11) is 0. The fraction of sp³-hybridized carbons (Fsp3) is 0.0769. The normalized spacial score (nSPS) is 10.3. The van der Waals surface area contributed by atoms with Crippen LogP contribution in [0.2, 0.25) is 5.02 Å². The quantitative estimate of drug-likeness (QED) is 0.810. The Morgan fingerprint density at radius 2 is 2.00 bits per heavy atom. The number of hydrogen-bond donors (Lipinski definition) is 1. The zero-order chi connectivity index (χ0) is 12.4. The molecule has 0 radical (unpaired) electrons. The first-order chi connectivity index (χ1) is 8.08. The summed E-state index contributed by atoms with van der Waals surface area (Å²) in [4.78, 5) is 0. The van der Waals surface area contributed by atoms with Crippen LogP contribution in [0.1, 0.15) is 5.56 Å². The number of ether oxygens (including phenoxy) is 1. The van der Waals surface area contributed by atoms with E-state index in [9.17, 15) is 0 Å². The van der Waals surface area contributed by atoms with Crippen molar-refractivity contribution in [1.29, 1.82) is 0 Å². The third-order valence-corrected chi connectivity index (χ3v) is 3.21. The Labute approximate surface area is 113 Å². The number of rotatable bonds is 2. The van der Waals surface area contributed by atoms with Crippen LogP contribution >= 0.6 is 27.5 Å². The van der Waals surface area contributed by atoms with Crippen LogP contribution in [-0.4, -0.2) is 0 Å². The van der Waals surface area contributed by atoms with Crippen LogP contribution in [0.25, 0.3) is 0 Å². The fourth-order valence-electron chi connectivity index (χ4n) is 1.43. The summed E-state index contributed by atoms with van der Waals surface area (Å²) < 4.78 is 6.59. The molecule has 0 aliphatic heterocycles. The Bertz CT molecular complexity index is 537. The van der Waals surface area contributed by atoms with Gasteiger partial charge in [0.1, 0.15) is 5.75 Å². The number of para-hydroxylation sites is 1. The molecule has 0 saturated carbocycles. The van der Waals surface area contributed by atoms with Crippen molar-refractivity contribution in [2.75, 3.05) is 5.73 Å². The number of anilines is 1. The summed E-state index contributed by atoms with van der Waals surface area (Å²) in [5.41, 5.74) is 7.49. The van der Waals surface area contributed by atoms with Crippen molar-refractivity contribution in [1.82, 2.24) is 0 Å². The molecule has 2 rings (SSSR count). The molecule has 0 bridgehead atoms. The van der Waals surface area contributed by atoms with Crippen molar-refractivity contribution in [2.24, 2.45) is 0 Å². The maximum Gasteiger partial charge on any atom is 0.168 e. The average Bonchev–Trinajstić information content (AvgIpc) is 2.26. The summed E-state index contributed by atoms with van der Waals surface area (Å²) in [6.07, 6.45) is 0. The molecule has 2 aromatic rings. The molecule has 2 aromatic carbocycles. The van der Waals surface area contributed by atoms with E-state index in [-0.39, 0.29) is 0 Å². The molecule has 0 fully saturated rings. The summed E-state index contributed by atoms with van der Waals surface area (Å²) in [6, 6.07) is 11.1. The van der Waals surface area contributed by atoms with E-state index >= 15 is 0 Å². The fourth-order valence-corrected chi connectivity index (χ4v) is 2.23. The third kappa shape index (κ3) is 2.73. The highest BCUT2D eigenvalue weighted by molar-refractivity contribution is 9.10. The van der Waals surface area contributed by atoms with Gasteiger partial charge in [0.05, 0.1) is 15.2 Å². The molecular weight excluding hydrogens is 302 g/mol. The Morgan fingerprint density at radius 1 is 1.24 bits per heavy atom. The lowest BCUT2D eigenvalue weighted by molar-refractivity contribution is 0.482. The Hall–Kier alpha value is -1.19. The standard InChI is InChI=1S/C13H11BrClNO/c1-8-5-6-12(9(14)7-8)17-13-10(15)3-2-4-11(13)16/h2-7H,16H2,1H3. The van der Waals surface area contributed by atoms with E-state index in [2.05, 4.69) is 15.9 Å². The third-order valence-electron chi connectivity index (χ3n) is 2.30. The topological polar surface area (TPSA) is 35.2 Å². The van der Waals surface area contributed by atoms with Gasteiger partial charge in [0.2, 0.25) is 0 Å². The predicted octanol–water partition coefficient (Wildman–Crippen LogP) is 4.79. The van der Waals surface area contributed by atoms with Gasteiger partial charge in [-0.05, 0) is 52.7 Å². The first-order valence-electron chi connectivity index (χ1n) is 5.06. The van der Waals surface area contributed by atoms with Crippen LogP contribution in [0.4, 0.5) is 5.69 Å². The minimum atomic E-state index is 0.485. The second-order valence-corrected chi connectivity index (χ2v) is 4.96. The van der Waals surface area contributed by atoms with E-state index < -0.39 is 0 Å². The first kappa shape index (κ1) is 12.3. The van der Waals surface area contributed by atoms with Crippen molar-refractivity contribution in [3.8, 4) is 11.5 Å². The smallest absolute Gasteiger partial charge is 0.168 e. The lowest BCUT2D eigenvalue weighted by Gasteiger charge is -2.11. The molecule has 2 N–H and O–H groups in total. The molecule has 0 aliphatic carbocycles. The Kier molecular flexibility index (Phi) is 3.60. The number of nitrogen functional groups attached to an aromatic ring is 1. The molecule has 2 nitrogen and oxygen atoms in total. The van der Waals surface area contributed by atoms with Gasteiger partial charge in [0.15, 0.2) is 5.75 Å². The van der Waals surface area contributed by atoms with E-state index in [0.717, 1.165) is 10.0 Å². The highest BCUT2D eigenvalue weighted by Crippen LogP contribution is 2.37. The SMILES string of the molecule is Cc1ccc(Oc2c(N)cccc2Cl)c(Br)c1. The molecular formula is C13H11BrClNO. The van der Waals surface area contributed by atoms with Crippen molar-refractivity contribution in [3.63, 3.8) is 0 Å². The summed E-state index contributed by atoms with van der Waals surface area (Å²) >= 11 is 9.49. The van der Waals surface area contributed by atoms with Crippen LogP contribution < -0.4 is 10.5 Å². The molecule has 0 aliphatic rings. The predicted molar refractivity (Wildman–Crippen MR) is 74.8 cm³/mol. The highest BCUT2D eigenvalue weighted by atomic mass is 79.9. The Balaban J connectivity index is 2.38. The monoisotopic (exact) mass is 311 g/mol. The van der Waals surface area contributed by atoms with Gasteiger partial charge in [-0.15, -0.1) is 0 Å². The maximum absolute atomic E-state index is 6.04. The molecule has 0 heterocycles. The van der Waals surface area contributed by atoms with Crippen molar-refractivity contribution in [3.05, 3.63) is 51.5 Å². The van der Waals surface area contributed by atoms with Crippen LogP contribution in [0, 0.1) is 6.92 Å². The van der Waals surface area contributed by atoms with Gasteiger partial charge in [-0.1, -0.05) is 23.7 Å². The minimum absolute atomic E-state index is 0.485. The second kappa shape index (κ2) is 4.98. The van der Waals surface area contributed by atoms with Gasteiger partial charge in [-0.25, -0.2) is 0 Å². The second-order valence-electron chi connectivity index (χ2n) is 3.69. The van der Waals surface area contributed by atoms with Crippen LogP contribution in [0.5, 0.6) is 11.5 Å². The zero-order valence-corrected chi connectivity index (χ0v) is 11.5. The summed E-state index contributed by atoms with van der Waals surface area (Å²) in [5, 5.41) is 0.498. The lowest BCUT2D eigenvalue weighted by Crippen LogP contribution is -1.93. The molecule has 0 amide bonds. The van der Waals surface area contributed by atoms with Crippen molar-refractivity contribution >= 4 is 33.2 Å². The maximum atomic E-state index is 6.04. The van der Waals surface area contributed by atoms with Gasteiger partial charge in [-0.2, -0.15) is 0 Å². The molecule has 17 heavy (non-hydrogen) atoms. The van der Waals surface area contributed by atoms with E-state index in [4.69, 9.17) is 22.1 Å². The van der Waals surface area contributed by atoms with Crippen molar-refractivity contribution in [2.45, 2.75) is 6.92 Å². The number of hydrogen-bond acceptors (Lipinski definition) is 2. The van der Waals surface area contributed by atoms with Crippen LogP contribution in [0.3, 0.4) is 0 Å². The molecule has 0 unspecified atom stereocenters. The average molecular weight is 313 g/mol. The van der Waals surface area contributed by atoms with E-state index in [1.807, 2.05) is 25.1 Å². The minimum Gasteiger partial charge on any atom is -0.452 e. The van der Waals surface area contributed by atoms with Crippen LogP contribution in [0.15, 0.2) is 40.9 Å². The van der Waals surface area contributed by atoms with E-state index in [0.29, 0.717) is 22.2 Å². The number of benzene rings is 2. The lowest BCUT2D eigenvalue weighted by atomic mass is 10.2. The number of aryl methyl sites for hydroxylation is 1. The van der Waals surface area contributed by atoms with E-state index in [1.165, 1.54) is 0 Å². The zero-order valence-electron chi connectivity index (χ0n) is 9.21. The summed E-state index contributed by atoms with van der Waals surface area (Å²) in [6.45, 7) is 2.01. The van der Waals surface area contributed by atoms with Crippen molar-refractivity contribution < 1.29 is 4.74 Å².